The maximum atomic E-state index is 12.8. The Balaban J connectivity index is -0.00000665. The molecule has 0 atom stereocenters. The van der Waals surface area contributed by atoms with Gasteiger partial charge < -0.3 is 38.6 Å². The summed E-state index contributed by atoms with van der Waals surface area (Å²) >= 11 is 0. The van der Waals surface area contributed by atoms with Gasteiger partial charge >= 0.3 is 11.9 Å². The average molecular weight is 966 g/mol. The number of hydrogen-bond acceptors (Lipinski definition) is 10. The number of ether oxygens (including phenoxy) is 6. The number of nitrogens with zero attached hydrogens (tertiary/aromatic N) is 1. The summed E-state index contributed by atoms with van der Waals surface area (Å²) in [6.07, 6.45) is 43.1. The fourth-order valence-corrected chi connectivity index (χ4v) is 6.44. The van der Waals surface area contributed by atoms with Gasteiger partial charge in [0.1, 0.15) is 13.2 Å². The smallest absolute Gasteiger partial charge is 0.305 e. The standard InChI is InChI=1S/C52H96N2O8.C4H10.C2H6/c1-7-11-15-19-23-31-42-57-51(58-43-32-24-20-16-12-8-2)38-29-27-36-49(55)61-46-48(53-40-35-41-54(5)6)47-62-50(56)37-28-30-39-52(59-44-33-25-21-17-13-9-3)60-45-34-26-22-18-14-10-4;1-3-4-2;1-2/h11-18,48,51-53H,7-10,19-47H2,1-6H3;3-4H2,1-2H3;1-2H3/b15-11-,16-12-,17-13-,18-14-;;. The summed E-state index contributed by atoms with van der Waals surface area (Å²) in [5, 5.41) is 3.44. The van der Waals surface area contributed by atoms with Gasteiger partial charge in [-0.3, -0.25) is 9.59 Å². The molecule has 1 N–H and O–H groups in total. The van der Waals surface area contributed by atoms with E-state index in [4.69, 9.17) is 28.4 Å². The van der Waals surface area contributed by atoms with Crippen molar-refractivity contribution in [3.05, 3.63) is 48.6 Å². The Bertz CT molecular complexity index is 1000. The van der Waals surface area contributed by atoms with E-state index in [1.165, 1.54) is 12.8 Å². The van der Waals surface area contributed by atoms with Crippen molar-refractivity contribution in [1.29, 1.82) is 0 Å². The fraction of sp³-hybridized carbons (Fsp3) is 0.828. The fourth-order valence-electron chi connectivity index (χ4n) is 6.44. The predicted molar refractivity (Wildman–Crippen MR) is 290 cm³/mol. The van der Waals surface area contributed by atoms with E-state index in [0.29, 0.717) is 52.1 Å². The molecule has 0 fully saturated rings. The van der Waals surface area contributed by atoms with Crippen molar-refractivity contribution < 1.29 is 38.0 Å². The maximum absolute atomic E-state index is 12.8. The van der Waals surface area contributed by atoms with Crippen LogP contribution in [0.15, 0.2) is 48.6 Å². The lowest BCUT2D eigenvalue weighted by molar-refractivity contribution is -0.151. The van der Waals surface area contributed by atoms with Gasteiger partial charge in [0.05, 0.1) is 6.04 Å². The summed E-state index contributed by atoms with van der Waals surface area (Å²) in [6, 6.07) is -0.271. The Morgan fingerprint density at radius 2 is 0.794 bits per heavy atom. The van der Waals surface area contributed by atoms with E-state index in [9.17, 15) is 9.59 Å². The van der Waals surface area contributed by atoms with Crippen LogP contribution in [0.3, 0.4) is 0 Å². The predicted octanol–water partition coefficient (Wildman–Crippen LogP) is 15.2. The molecule has 0 saturated carbocycles. The van der Waals surface area contributed by atoms with Gasteiger partial charge in [-0.25, -0.2) is 0 Å². The van der Waals surface area contributed by atoms with Gasteiger partial charge in [-0.2, -0.15) is 0 Å². The van der Waals surface area contributed by atoms with Gasteiger partial charge in [0, 0.05) is 39.3 Å². The Morgan fingerprint density at radius 1 is 0.456 bits per heavy atom. The van der Waals surface area contributed by atoms with Gasteiger partial charge in [0.25, 0.3) is 0 Å². The minimum absolute atomic E-state index is 0.157. The van der Waals surface area contributed by atoms with E-state index in [1.54, 1.807) is 0 Å². The summed E-state index contributed by atoms with van der Waals surface area (Å²) < 4.78 is 36.0. The van der Waals surface area contributed by atoms with Crippen LogP contribution >= 0.6 is 0 Å². The van der Waals surface area contributed by atoms with Crippen molar-refractivity contribution in [3.8, 4) is 0 Å². The second-order valence-corrected chi connectivity index (χ2v) is 17.5. The molecule has 0 aliphatic carbocycles. The average Bonchev–Trinajstić information content (AvgIpc) is 3.34. The Kier molecular flexibility index (Phi) is 62.5. The third-order valence-electron chi connectivity index (χ3n) is 10.6. The number of carbonyl (C=O) groups is 2. The highest BCUT2D eigenvalue weighted by Crippen LogP contribution is 2.14. The van der Waals surface area contributed by atoms with Gasteiger partial charge in [-0.15, -0.1) is 0 Å². The highest BCUT2D eigenvalue weighted by molar-refractivity contribution is 5.69. The van der Waals surface area contributed by atoms with Crippen LogP contribution < -0.4 is 5.32 Å². The highest BCUT2D eigenvalue weighted by Gasteiger charge is 2.17. The Morgan fingerprint density at radius 3 is 1.09 bits per heavy atom. The second-order valence-electron chi connectivity index (χ2n) is 17.5. The Labute approximate surface area is 421 Å². The summed E-state index contributed by atoms with van der Waals surface area (Å²) in [5.74, 6) is -0.480. The molecule has 10 heteroatoms. The van der Waals surface area contributed by atoms with Crippen LogP contribution in [0.5, 0.6) is 0 Å². The zero-order valence-electron chi connectivity index (χ0n) is 46.3. The summed E-state index contributed by atoms with van der Waals surface area (Å²) in [7, 11) is 4.09. The van der Waals surface area contributed by atoms with Crippen molar-refractivity contribution in [1.82, 2.24) is 10.2 Å². The van der Waals surface area contributed by atoms with E-state index in [2.05, 4.69) is 100 Å². The lowest BCUT2D eigenvalue weighted by atomic mass is 10.2. The molecule has 0 saturated heterocycles. The zero-order chi connectivity index (χ0) is 50.8. The largest absolute Gasteiger partial charge is 0.464 e. The van der Waals surface area contributed by atoms with Crippen molar-refractivity contribution in [2.45, 2.75) is 247 Å². The molecule has 0 aromatic rings. The van der Waals surface area contributed by atoms with Gasteiger partial charge in [0.15, 0.2) is 12.6 Å². The van der Waals surface area contributed by atoms with Crippen LogP contribution in [0.1, 0.15) is 229 Å². The molecule has 0 bridgehead atoms. The monoisotopic (exact) mass is 965 g/mol. The SMILES string of the molecule is CC.CC/C=C\CCCCOC(CCCCC(=O)OCC(COC(=O)CCCCC(OCCCC/C=C\CC)OCCCC/C=C\CC)NCCCN(C)C)OCCCC/C=C\CC.CCCC. The molecule has 0 unspecified atom stereocenters. The third kappa shape index (κ3) is 58.0. The number of nitrogens with one attached hydrogen (secondary N) is 1. The van der Waals surface area contributed by atoms with E-state index in [-0.39, 0.29) is 43.8 Å². The van der Waals surface area contributed by atoms with E-state index < -0.39 is 0 Å². The number of rotatable bonds is 48. The van der Waals surface area contributed by atoms with Crippen molar-refractivity contribution >= 4 is 11.9 Å². The number of esters is 2. The molecule has 0 aromatic heterocycles. The van der Waals surface area contributed by atoms with E-state index >= 15 is 0 Å². The topological polar surface area (TPSA) is 105 Å². The van der Waals surface area contributed by atoms with Crippen molar-refractivity contribution in [2.24, 2.45) is 0 Å². The van der Waals surface area contributed by atoms with Gasteiger partial charge in [-0.05, 0) is 175 Å². The molecule has 0 rings (SSSR count). The maximum Gasteiger partial charge on any atom is 0.305 e. The first kappa shape index (κ1) is 69.9. The molecule has 0 amide bonds. The minimum Gasteiger partial charge on any atom is -0.464 e. The molecule has 0 radical (unpaired) electrons. The van der Waals surface area contributed by atoms with Crippen LogP contribution in [0.4, 0.5) is 0 Å². The molecule has 0 aliphatic rings. The van der Waals surface area contributed by atoms with Gasteiger partial charge in [-0.1, -0.05) is 117 Å². The normalized spacial score (nSPS) is 11.8. The van der Waals surface area contributed by atoms with E-state index in [1.807, 2.05) is 27.9 Å². The Hall–Kier alpha value is -2.34. The molecule has 402 valence electrons. The lowest BCUT2D eigenvalue weighted by Crippen LogP contribution is -2.40. The first-order valence-electron chi connectivity index (χ1n) is 28.0. The summed E-state index contributed by atoms with van der Waals surface area (Å²) in [5.41, 5.74) is 0. The first-order chi connectivity index (χ1) is 33.3. The van der Waals surface area contributed by atoms with Crippen molar-refractivity contribution in [3.63, 3.8) is 0 Å². The molecule has 0 aliphatic heterocycles. The molecule has 68 heavy (non-hydrogen) atoms. The third-order valence-corrected chi connectivity index (χ3v) is 10.6. The van der Waals surface area contributed by atoms with Gasteiger partial charge in [0.2, 0.25) is 0 Å². The van der Waals surface area contributed by atoms with E-state index in [0.717, 1.165) is 148 Å². The molecule has 10 nitrogen and oxygen atoms in total. The molecule has 0 heterocycles. The summed E-state index contributed by atoms with van der Waals surface area (Å²) in [4.78, 5) is 27.8. The first-order valence-corrected chi connectivity index (χ1v) is 28.0. The van der Waals surface area contributed by atoms with Crippen LogP contribution in [0, 0.1) is 0 Å². The minimum atomic E-state index is -0.271. The molecular weight excluding hydrogens is 853 g/mol. The summed E-state index contributed by atoms with van der Waals surface area (Å²) in [6.45, 7) is 21.7. The van der Waals surface area contributed by atoms with Crippen LogP contribution in [0.25, 0.3) is 0 Å². The number of hydrogen-bond donors (Lipinski definition) is 1. The van der Waals surface area contributed by atoms with Crippen LogP contribution in [0.2, 0.25) is 0 Å². The zero-order valence-corrected chi connectivity index (χ0v) is 46.3. The molecule has 0 aromatic carbocycles. The molecular formula is C58H112N2O8. The second kappa shape index (κ2) is 60.8. The lowest BCUT2D eigenvalue weighted by Gasteiger charge is -2.20. The number of carbonyl (C=O) groups excluding carboxylic acids is 2. The quantitative estimate of drug-likeness (QED) is 0.0274. The number of allylic oxidation sites excluding steroid dienone is 8. The highest BCUT2D eigenvalue weighted by atomic mass is 16.7. The van der Waals surface area contributed by atoms with Crippen LogP contribution in [-0.4, -0.2) is 102 Å². The molecule has 0 spiro atoms. The van der Waals surface area contributed by atoms with Crippen LogP contribution in [-0.2, 0) is 38.0 Å². The van der Waals surface area contributed by atoms with Crippen molar-refractivity contribution in [2.75, 3.05) is 66.8 Å². The number of unbranched alkanes of at least 4 members (excludes halogenated alkanes) is 11.